The zero-order valence-corrected chi connectivity index (χ0v) is 10.6. The lowest BCUT2D eigenvalue weighted by Gasteiger charge is -2.33. The van der Waals surface area contributed by atoms with Crippen LogP contribution in [0.5, 0.6) is 0 Å². The molecule has 3 unspecified atom stereocenters. The van der Waals surface area contributed by atoms with Crippen LogP contribution in [-0.2, 0) is 0 Å². The van der Waals surface area contributed by atoms with Crippen LogP contribution < -0.4 is 11.3 Å². The Morgan fingerprint density at radius 1 is 1.47 bits per heavy atom. The number of hydrogen-bond acceptors (Lipinski definition) is 3. The maximum atomic E-state index is 5.73. The fourth-order valence-corrected chi connectivity index (χ4v) is 3.03. The molecule has 3 N–H and O–H groups in total. The van der Waals surface area contributed by atoms with Crippen molar-refractivity contribution >= 4 is 0 Å². The summed E-state index contributed by atoms with van der Waals surface area (Å²) in [6.07, 6.45) is 8.39. The van der Waals surface area contributed by atoms with Gasteiger partial charge in [-0.2, -0.15) is 0 Å². The zero-order chi connectivity index (χ0) is 12.1. The predicted octanol–water partition coefficient (Wildman–Crippen LogP) is 2.80. The summed E-state index contributed by atoms with van der Waals surface area (Å²) in [6.45, 7) is 2.29. The molecule has 1 saturated carbocycles. The van der Waals surface area contributed by atoms with Crippen molar-refractivity contribution in [2.24, 2.45) is 17.7 Å². The van der Waals surface area contributed by atoms with Gasteiger partial charge in [0.2, 0.25) is 0 Å². The van der Waals surface area contributed by atoms with Gasteiger partial charge in [0.25, 0.3) is 0 Å². The highest BCUT2D eigenvalue weighted by atomic mass is 15.2. The van der Waals surface area contributed by atoms with E-state index in [2.05, 4.69) is 23.4 Å². The molecule has 1 aliphatic rings. The van der Waals surface area contributed by atoms with Crippen LogP contribution in [0.15, 0.2) is 24.4 Å². The Morgan fingerprint density at radius 3 is 3.00 bits per heavy atom. The molecule has 17 heavy (non-hydrogen) atoms. The number of rotatable bonds is 4. The van der Waals surface area contributed by atoms with Crippen molar-refractivity contribution < 1.29 is 0 Å². The average molecular weight is 233 g/mol. The molecule has 0 radical (unpaired) electrons. The molecular formula is C14H23N3. The minimum absolute atomic E-state index is 0.213. The second kappa shape index (κ2) is 6.12. The monoisotopic (exact) mass is 233 g/mol. The predicted molar refractivity (Wildman–Crippen MR) is 70.0 cm³/mol. The third kappa shape index (κ3) is 3.05. The molecule has 0 aromatic carbocycles. The maximum Gasteiger partial charge on any atom is 0.0660 e. The summed E-state index contributed by atoms with van der Waals surface area (Å²) in [5.74, 6) is 7.23. The third-order valence-electron chi connectivity index (χ3n) is 4.06. The lowest BCUT2D eigenvalue weighted by atomic mass is 9.76. The number of nitrogens with one attached hydrogen (secondary N) is 1. The minimum Gasteiger partial charge on any atom is -0.271 e. The highest BCUT2D eigenvalue weighted by Gasteiger charge is 2.28. The van der Waals surface area contributed by atoms with Gasteiger partial charge < -0.3 is 0 Å². The van der Waals surface area contributed by atoms with Gasteiger partial charge in [-0.3, -0.25) is 16.3 Å². The van der Waals surface area contributed by atoms with E-state index in [1.165, 1.54) is 32.1 Å². The van der Waals surface area contributed by atoms with Crippen LogP contribution in [0.25, 0.3) is 0 Å². The van der Waals surface area contributed by atoms with E-state index in [-0.39, 0.29) is 6.04 Å². The Kier molecular flexibility index (Phi) is 4.51. The molecule has 1 aromatic rings. The molecule has 3 nitrogen and oxygen atoms in total. The number of nitrogens with zero attached hydrogens (tertiary/aromatic N) is 1. The van der Waals surface area contributed by atoms with Crippen LogP contribution in [0.4, 0.5) is 0 Å². The molecular weight excluding hydrogens is 210 g/mol. The molecule has 1 aromatic heterocycles. The molecule has 3 heteroatoms. The molecule has 94 valence electrons. The Bertz CT molecular complexity index is 325. The summed E-state index contributed by atoms with van der Waals surface area (Å²) in [5.41, 5.74) is 4.05. The second-order valence-corrected chi connectivity index (χ2v) is 5.10. The SMILES string of the molecule is CCC1CCCC(C(NN)c2ccccn2)C1. The van der Waals surface area contributed by atoms with E-state index in [0.717, 1.165) is 11.6 Å². The van der Waals surface area contributed by atoms with Crippen LogP contribution in [0.3, 0.4) is 0 Å². The van der Waals surface area contributed by atoms with Crippen LogP contribution >= 0.6 is 0 Å². The van der Waals surface area contributed by atoms with E-state index in [0.29, 0.717) is 5.92 Å². The topological polar surface area (TPSA) is 50.9 Å². The molecule has 0 aliphatic heterocycles. The first-order valence-electron chi connectivity index (χ1n) is 6.72. The molecule has 1 heterocycles. The highest BCUT2D eigenvalue weighted by Crippen LogP contribution is 2.37. The fraction of sp³-hybridized carbons (Fsp3) is 0.643. The van der Waals surface area contributed by atoms with Gasteiger partial charge in [-0.05, 0) is 36.8 Å². The second-order valence-electron chi connectivity index (χ2n) is 5.10. The first-order valence-corrected chi connectivity index (χ1v) is 6.72. The molecule has 2 rings (SSSR count). The van der Waals surface area contributed by atoms with Gasteiger partial charge in [-0.1, -0.05) is 32.3 Å². The first-order chi connectivity index (χ1) is 8.35. The average Bonchev–Trinajstić information content (AvgIpc) is 2.41. The van der Waals surface area contributed by atoms with Crippen molar-refractivity contribution in [3.8, 4) is 0 Å². The van der Waals surface area contributed by atoms with E-state index in [9.17, 15) is 0 Å². The summed E-state index contributed by atoms with van der Waals surface area (Å²) in [7, 11) is 0. The first kappa shape index (κ1) is 12.5. The number of hydrogen-bond donors (Lipinski definition) is 2. The minimum atomic E-state index is 0.213. The molecule has 0 amide bonds. The van der Waals surface area contributed by atoms with Gasteiger partial charge >= 0.3 is 0 Å². The van der Waals surface area contributed by atoms with Gasteiger partial charge in [0.1, 0.15) is 0 Å². The summed E-state index contributed by atoms with van der Waals surface area (Å²) >= 11 is 0. The van der Waals surface area contributed by atoms with Crippen LogP contribution in [-0.4, -0.2) is 4.98 Å². The molecule has 1 aliphatic carbocycles. The Labute approximate surface area is 104 Å². The maximum absolute atomic E-state index is 5.73. The van der Waals surface area contributed by atoms with Gasteiger partial charge in [-0.25, -0.2) is 0 Å². The van der Waals surface area contributed by atoms with E-state index in [4.69, 9.17) is 5.84 Å². The van der Waals surface area contributed by atoms with Crippen LogP contribution in [0, 0.1) is 11.8 Å². The molecule has 0 bridgehead atoms. The van der Waals surface area contributed by atoms with E-state index < -0.39 is 0 Å². The number of pyridine rings is 1. The normalized spacial score (nSPS) is 26.7. The lowest BCUT2D eigenvalue weighted by molar-refractivity contribution is 0.207. The van der Waals surface area contributed by atoms with Crippen molar-refractivity contribution in [2.75, 3.05) is 0 Å². The summed E-state index contributed by atoms with van der Waals surface area (Å²) in [6, 6.07) is 6.27. The largest absolute Gasteiger partial charge is 0.271 e. The van der Waals surface area contributed by atoms with E-state index in [1.807, 2.05) is 18.3 Å². The van der Waals surface area contributed by atoms with Crippen molar-refractivity contribution in [3.05, 3.63) is 30.1 Å². The third-order valence-corrected chi connectivity index (χ3v) is 4.06. The van der Waals surface area contributed by atoms with Crippen LogP contribution in [0.2, 0.25) is 0 Å². The van der Waals surface area contributed by atoms with Crippen LogP contribution in [0.1, 0.15) is 50.8 Å². The molecule has 0 saturated heterocycles. The summed E-state index contributed by atoms with van der Waals surface area (Å²) < 4.78 is 0. The number of aromatic nitrogens is 1. The Morgan fingerprint density at radius 2 is 2.35 bits per heavy atom. The smallest absolute Gasteiger partial charge is 0.0660 e. The van der Waals surface area contributed by atoms with Crippen molar-refractivity contribution in [1.82, 2.24) is 10.4 Å². The molecule has 0 spiro atoms. The Hall–Kier alpha value is -0.930. The van der Waals surface area contributed by atoms with Crippen molar-refractivity contribution in [1.29, 1.82) is 0 Å². The number of nitrogens with two attached hydrogens (primary N) is 1. The number of hydrazine groups is 1. The zero-order valence-electron chi connectivity index (χ0n) is 10.6. The van der Waals surface area contributed by atoms with Crippen molar-refractivity contribution in [2.45, 2.75) is 45.1 Å². The molecule has 3 atom stereocenters. The summed E-state index contributed by atoms with van der Waals surface area (Å²) in [5, 5.41) is 0. The van der Waals surface area contributed by atoms with Gasteiger partial charge in [-0.15, -0.1) is 0 Å². The molecule has 1 fully saturated rings. The summed E-state index contributed by atoms with van der Waals surface area (Å²) in [4.78, 5) is 4.43. The van der Waals surface area contributed by atoms with Gasteiger partial charge in [0, 0.05) is 6.20 Å². The van der Waals surface area contributed by atoms with E-state index in [1.54, 1.807) is 0 Å². The Balaban J connectivity index is 2.08. The van der Waals surface area contributed by atoms with E-state index >= 15 is 0 Å². The van der Waals surface area contributed by atoms with Gasteiger partial charge in [0.05, 0.1) is 11.7 Å². The van der Waals surface area contributed by atoms with Gasteiger partial charge in [0.15, 0.2) is 0 Å². The fourth-order valence-electron chi connectivity index (χ4n) is 3.03. The van der Waals surface area contributed by atoms with Crippen molar-refractivity contribution in [3.63, 3.8) is 0 Å². The standard InChI is InChI=1S/C14H23N3/c1-2-11-6-5-7-12(10-11)14(17-15)13-8-3-4-9-16-13/h3-4,8-9,11-12,14,17H,2,5-7,10,15H2,1H3. The lowest BCUT2D eigenvalue weighted by Crippen LogP contribution is -2.36. The quantitative estimate of drug-likeness (QED) is 0.621. The highest BCUT2D eigenvalue weighted by molar-refractivity contribution is 5.10.